The van der Waals surface area contributed by atoms with E-state index in [0.717, 1.165) is 6.20 Å². The predicted molar refractivity (Wildman–Crippen MR) is 114 cm³/mol. The van der Waals surface area contributed by atoms with Crippen molar-refractivity contribution in [1.82, 2.24) is 15.3 Å². The number of benzene rings is 1. The number of anilines is 1. The highest BCUT2D eigenvalue weighted by Gasteiger charge is 2.55. The largest absolute Gasteiger partial charge is 0.445 e. The molecular weight excluding hydrogens is 459 g/mol. The van der Waals surface area contributed by atoms with Gasteiger partial charge in [0, 0.05) is 30.1 Å². The van der Waals surface area contributed by atoms with Crippen molar-refractivity contribution in [2.75, 3.05) is 5.32 Å². The van der Waals surface area contributed by atoms with Gasteiger partial charge < -0.3 is 21.1 Å². The van der Waals surface area contributed by atoms with Gasteiger partial charge in [-0.15, -0.1) is 0 Å². The summed E-state index contributed by atoms with van der Waals surface area (Å²) in [6, 6.07) is 4.86. The third kappa shape index (κ3) is 4.80. The Labute approximate surface area is 192 Å². The fraction of sp³-hybridized carbons (Fsp3) is 0.400. The second-order valence-electron chi connectivity index (χ2n) is 8.08. The first-order valence-corrected chi connectivity index (χ1v) is 10.5. The normalized spacial score (nSPS) is 25.5. The minimum absolute atomic E-state index is 0.104. The molecule has 1 heterocycles. The van der Waals surface area contributed by atoms with Gasteiger partial charge >= 0.3 is 6.09 Å². The van der Waals surface area contributed by atoms with E-state index in [2.05, 4.69) is 20.6 Å². The Morgan fingerprint density at radius 2 is 2.15 bits per heavy atom. The van der Waals surface area contributed by atoms with E-state index in [9.17, 15) is 24.1 Å². The number of carbonyl (C=O) groups is 2. The summed E-state index contributed by atoms with van der Waals surface area (Å²) in [6.07, 6.45) is 1.33. The number of hydrogen-bond donors (Lipinski definition) is 3. The van der Waals surface area contributed by atoms with Crippen LogP contribution in [-0.2, 0) is 16.1 Å². The van der Waals surface area contributed by atoms with Crippen LogP contribution in [0.2, 0.25) is 5.28 Å². The summed E-state index contributed by atoms with van der Waals surface area (Å²) in [6.45, 7) is -0.148. The maximum Gasteiger partial charge on any atom is 0.407 e. The number of primary amides is 1. The van der Waals surface area contributed by atoms with Gasteiger partial charge in [-0.2, -0.15) is 4.98 Å². The quantitative estimate of drug-likeness (QED) is 0.310. The first-order valence-electron chi connectivity index (χ1n) is 10.1. The van der Waals surface area contributed by atoms with Gasteiger partial charge in [0.05, 0.1) is 17.0 Å². The number of carbonyl (C=O) groups excluding carboxylic acids is 2. The van der Waals surface area contributed by atoms with Gasteiger partial charge in [-0.1, -0.05) is 12.1 Å². The number of alkyl carbamates (subject to hydrolysis) is 1. The fourth-order valence-corrected chi connectivity index (χ4v) is 4.97. The van der Waals surface area contributed by atoms with E-state index in [-0.39, 0.29) is 41.3 Å². The van der Waals surface area contributed by atoms with Crippen molar-refractivity contribution < 1.29 is 23.6 Å². The maximum absolute atomic E-state index is 14.1. The lowest BCUT2D eigenvalue weighted by atomic mass is 9.81. The van der Waals surface area contributed by atoms with Crippen LogP contribution >= 0.6 is 11.6 Å². The van der Waals surface area contributed by atoms with E-state index in [0.29, 0.717) is 18.4 Å². The molecule has 0 saturated heterocycles. The average Bonchev–Trinajstić information content (AvgIpc) is 3.33. The van der Waals surface area contributed by atoms with Gasteiger partial charge in [-0.05, 0) is 35.9 Å². The molecule has 5 unspecified atom stereocenters. The van der Waals surface area contributed by atoms with Crippen LogP contribution in [0.3, 0.4) is 0 Å². The zero-order chi connectivity index (χ0) is 23.7. The maximum atomic E-state index is 14.1. The highest BCUT2D eigenvalue weighted by Crippen LogP contribution is 2.49. The van der Waals surface area contributed by atoms with Crippen LogP contribution in [0.15, 0.2) is 30.5 Å². The molecule has 2 amide bonds. The van der Waals surface area contributed by atoms with Crippen LogP contribution in [0.4, 0.5) is 20.7 Å². The average molecular weight is 479 g/mol. The first-order chi connectivity index (χ1) is 15.7. The van der Waals surface area contributed by atoms with Crippen molar-refractivity contribution >= 4 is 35.1 Å². The molecule has 13 heteroatoms. The molecule has 33 heavy (non-hydrogen) atoms. The summed E-state index contributed by atoms with van der Waals surface area (Å²) in [7, 11) is 0. The summed E-state index contributed by atoms with van der Waals surface area (Å²) in [5, 5.41) is 16.4. The Morgan fingerprint density at radius 3 is 2.88 bits per heavy atom. The van der Waals surface area contributed by atoms with E-state index >= 15 is 0 Å². The number of amides is 2. The molecule has 2 aliphatic rings. The van der Waals surface area contributed by atoms with Crippen molar-refractivity contribution in [2.45, 2.75) is 31.5 Å². The lowest BCUT2D eigenvalue weighted by Crippen LogP contribution is -2.51. The molecule has 2 fully saturated rings. The Hall–Kier alpha value is -3.54. The third-order valence-electron chi connectivity index (χ3n) is 6.15. The second-order valence-corrected chi connectivity index (χ2v) is 8.42. The summed E-state index contributed by atoms with van der Waals surface area (Å²) < 4.78 is 19.4. The number of nitrogens with two attached hydrogens (primary N) is 1. The van der Waals surface area contributed by atoms with Crippen molar-refractivity contribution in [3.05, 3.63) is 57.2 Å². The molecular formula is C20H20ClFN6O5. The number of aromatic nitrogens is 2. The van der Waals surface area contributed by atoms with Crippen LogP contribution < -0.4 is 16.4 Å². The van der Waals surface area contributed by atoms with Crippen molar-refractivity contribution in [2.24, 2.45) is 23.5 Å². The molecule has 0 radical (unpaired) electrons. The van der Waals surface area contributed by atoms with E-state index < -0.39 is 34.7 Å². The Bertz CT molecular complexity index is 1100. The SMILES string of the molecule is NC(=O)C1C2CC(NC(=O)OCc3cccc([N+](=O)[O-])c3)C(C2)C1Nc1nc(Cl)ncc1F. The van der Waals surface area contributed by atoms with Crippen molar-refractivity contribution in [1.29, 1.82) is 0 Å². The molecule has 2 aliphatic carbocycles. The van der Waals surface area contributed by atoms with Crippen LogP contribution in [0.1, 0.15) is 18.4 Å². The highest BCUT2D eigenvalue weighted by atomic mass is 35.5. The lowest BCUT2D eigenvalue weighted by Gasteiger charge is -2.35. The zero-order valence-corrected chi connectivity index (χ0v) is 17.9. The number of fused-ring (bicyclic) bond motifs is 2. The smallest absolute Gasteiger partial charge is 0.407 e. The number of halogens is 2. The molecule has 174 valence electrons. The highest BCUT2D eigenvalue weighted by molar-refractivity contribution is 6.28. The zero-order valence-electron chi connectivity index (χ0n) is 17.1. The standard InChI is InChI=1S/C20H20ClFN6O5/c21-19-24-7-13(22)18(27-19)26-16-12-5-10(15(16)17(23)29)6-14(12)25-20(30)33-8-9-2-1-3-11(4-9)28(31)32/h1-4,7,10,12,14-16H,5-6,8H2,(H2,23,29)(H,25,30)(H,24,26,27). The molecule has 2 aromatic rings. The Morgan fingerprint density at radius 1 is 1.36 bits per heavy atom. The monoisotopic (exact) mass is 478 g/mol. The molecule has 0 spiro atoms. The second kappa shape index (κ2) is 9.14. The minimum atomic E-state index is -0.730. The third-order valence-corrected chi connectivity index (χ3v) is 6.33. The van der Waals surface area contributed by atoms with Crippen LogP contribution in [0.25, 0.3) is 0 Å². The van der Waals surface area contributed by atoms with Gasteiger partial charge in [0.15, 0.2) is 11.6 Å². The summed E-state index contributed by atoms with van der Waals surface area (Å²) >= 11 is 5.76. The minimum Gasteiger partial charge on any atom is -0.445 e. The number of nitro groups is 1. The topological polar surface area (TPSA) is 162 Å². The number of rotatable bonds is 7. The Balaban J connectivity index is 1.41. The van der Waals surface area contributed by atoms with Gasteiger partial charge in [0.2, 0.25) is 11.2 Å². The molecule has 4 rings (SSSR count). The predicted octanol–water partition coefficient (Wildman–Crippen LogP) is 2.39. The summed E-state index contributed by atoms with van der Waals surface area (Å²) in [5.74, 6) is -2.30. The number of nitrogens with zero attached hydrogens (tertiary/aromatic N) is 3. The molecule has 0 aliphatic heterocycles. The fourth-order valence-electron chi connectivity index (χ4n) is 4.84. The van der Waals surface area contributed by atoms with Gasteiger partial charge in [-0.25, -0.2) is 14.2 Å². The number of non-ortho nitro benzene ring substituents is 1. The molecule has 2 saturated carbocycles. The molecule has 1 aromatic carbocycles. The molecule has 1 aromatic heterocycles. The van der Waals surface area contributed by atoms with Gasteiger partial charge in [-0.3, -0.25) is 14.9 Å². The van der Waals surface area contributed by atoms with E-state index in [1.165, 1.54) is 18.2 Å². The van der Waals surface area contributed by atoms with Gasteiger partial charge in [0.1, 0.15) is 6.61 Å². The lowest BCUT2D eigenvalue weighted by molar-refractivity contribution is -0.384. The van der Waals surface area contributed by atoms with Crippen molar-refractivity contribution in [3.63, 3.8) is 0 Å². The molecule has 4 N–H and O–H groups in total. The summed E-state index contributed by atoms with van der Waals surface area (Å²) in [4.78, 5) is 42.2. The first kappa shape index (κ1) is 22.6. The molecule has 2 bridgehead atoms. The summed E-state index contributed by atoms with van der Waals surface area (Å²) in [5.41, 5.74) is 5.96. The van der Waals surface area contributed by atoms with Crippen molar-refractivity contribution in [3.8, 4) is 0 Å². The number of nitro benzene ring substituents is 1. The van der Waals surface area contributed by atoms with Gasteiger partial charge in [0.25, 0.3) is 5.69 Å². The number of nitrogens with one attached hydrogen (secondary N) is 2. The van der Waals surface area contributed by atoms with E-state index in [4.69, 9.17) is 22.1 Å². The van der Waals surface area contributed by atoms with E-state index in [1.54, 1.807) is 6.07 Å². The van der Waals surface area contributed by atoms with Crippen LogP contribution in [0.5, 0.6) is 0 Å². The number of ether oxygens (including phenoxy) is 1. The number of hydrogen-bond acceptors (Lipinski definition) is 8. The molecule has 5 atom stereocenters. The van der Waals surface area contributed by atoms with Crippen LogP contribution in [-0.4, -0.2) is 39.0 Å². The van der Waals surface area contributed by atoms with E-state index in [1.807, 2.05) is 0 Å². The Kier molecular flexibility index (Phi) is 6.27. The van der Waals surface area contributed by atoms with Crippen LogP contribution in [0, 0.1) is 33.7 Å². The molecule has 11 nitrogen and oxygen atoms in total.